The normalized spacial score (nSPS) is 14.8. The molecular formula is C22H22ClF2N3O3. The molecule has 2 amide bonds. The van der Waals surface area contributed by atoms with Gasteiger partial charge in [-0.1, -0.05) is 41.9 Å². The first-order valence-electron chi connectivity index (χ1n) is 9.70. The molecule has 0 bridgehead atoms. The van der Waals surface area contributed by atoms with Crippen molar-refractivity contribution in [3.05, 3.63) is 65.2 Å². The molecule has 6 nitrogen and oxygen atoms in total. The van der Waals surface area contributed by atoms with Crippen molar-refractivity contribution in [3.63, 3.8) is 0 Å². The van der Waals surface area contributed by atoms with Gasteiger partial charge in [-0.05, 0) is 24.3 Å². The summed E-state index contributed by atoms with van der Waals surface area (Å²) in [6, 6.07) is 13.3. The molecule has 1 aliphatic heterocycles. The molecule has 31 heavy (non-hydrogen) atoms. The highest BCUT2D eigenvalue weighted by molar-refractivity contribution is 6.33. The molecular weight excluding hydrogens is 428 g/mol. The van der Waals surface area contributed by atoms with Crippen LogP contribution in [-0.4, -0.2) is 60.9 Å². The van der Waals surface area contributed by atoms with E-state index in [9.17, 15) is 18.4 Å². The molecule has 1 N–H and O–H groups in total. The molecule has 1 fully saturated rings. The number of hydrogen-bond donors (Lipinski definition) is 1. The van der Waals surface area contributed by atoms with Crippen molar-refractivity contribution in [3.8, 4) is 5.75 Å². The summed E-state index contributed by atoms with van der Waals surface area (Å²) in [5, 5.41) is 3.25. The van der Waals surface area contributed by atoms with E-state index in [-0.39, 0.29) is 24.1 Å². The molecule has 0 radical (unpaired) electrons. The highest BCUT2D eigenvalue weighted by atomic mass is 35.5. The molecule has 1 heterocycles. The van der Waals surface area contributed by atoms with Crippen molar-refractivity contribution in [1.82, 2.24) is 9.80 Å². The summed E-state index contributed by atoms with van der Waals surface area (Å²) < 4.78 is 29.5. The highest BCUT2D eigenvalue weighted by Gasteiger charge is 2.21. The molecule has 1 aliphatic rings. The predicted octanol–water partition coefficient (Wildman–Crippen LogP) is 3.74. The number of alkyl halides is 2. The quantitative estimate of drug-likeness (QED) is 0.654. The minimum absolute atomic E-state index is 0.0101. The van der Waals surface area contributed by atoms with Crippen molar-refractivity contribution < 1.29 is 23.1 Å². The van der Waals surface area contributed by atoms with Gasteiger partial charge in [0, 0.05) is 37.8 Å². The Labute approximate surface area is 184 Å². The van der Waals surface area contributed by atoms with Crippen molar-refractivity contribution in [2.75, 3.05) is 38.0 Å². The first-order chi connectivity index (χ1) is 14.9. The number of para-hydroxylation sites is 2. The minimum Gasteiger partial charge on any atom is -0.434 e. The number of anilines is 1. The summed E-state index contributed by atoms with van der Waals surface area (Å²) in [4.78, 5) is 28.3. The smallest absolute Gasteiger partial charge is 0.387 e. The Balaban J connectivity index is 1.48. The molecule has 1 saturated heterocycles. The third-order valence-electron chi connectivity index (χ3n) is 4.74. The van der Waals surface area contributed by atoms with Crippen molar-refractivity contribution >= 4 is 35.2 Å². The van der Waals surface area contributed by atoms with Crippen molar-refractivity contribution in [2.24, 2.45) is 0 Å². The third kappa shape index (κ3) is 6.77. The van der Waals surface area contributed by atoms with E-state index in [0.29, 0.717) is 42.5 Å². The number of amides is 2. The second-order valence-electron chi connectivity index (χ2n) is 6.88. The van der Waals surface area contributed by atoms with E-state index in [1.807, 2.05) is 4.90 Å². The summed E-state index contributed by atoms with van der Waals surface area (Å²) >= 11 is 6.05. The Hall–Kier alpha value is -2.97. The molecule has 0 aliphatic carbocycles. The SMILES string of the molecule is O=C(CN1CCN(C(=O)/C=C/c2ccccc2OC(F)F)CC1)Nc1ccccc1Cl. The molecule has 0 saturated carbocycles. The minimum atomic E-state index is -2.94. The fraction of sp³-hybridized carbons (Fsp3) is 0.273. The van der Waals surface area contributed by atoms with E-state index < -0.39 is 6.61 Å². The number of benzene rings is 2. The first-order valence-corrected chi connectivity index (χ1v) is 10.1. The van der Waals surface area contributed by atoms with Crippen LogP contribution in [0.25, 0.3) is 6.08 Å². The van der Waals surface area contributed by atoms with Crippen LogP contribution in [0, 0.1) is 0 Å². The van der Waals surface area contributed by atoms with Gasteiger partial charge in [-0.15, -0.1) is 0 Å². The molecule has 0 spiro atoms. The van der Waals surface area contributed by atoms with Crippen LogP contribution in [0.2, 0.25) is 5.02 Å². The van der Waals surface area contributed by atoms with E-state index in [2.05, 4.69) is 10.1 Å². The molecule has 2 aromatic rings. The van der Waals surface area contributed by atoms with Crippen molar-refractivity contribution in [1.29, 1.82) is 0 Å². The topological polar surface area (TPSA) is 61.9 Å². The molecule has 0 unspecified atom stereocenters. The fourth-order valence-corrected chi connectivity index (χ4v) is 3.35. The van der Waals surface area contributed by atoms with Crippen LogP contribution in [0.5, 0.6) is 5.75 Å². The van der Waals surface area contributed by atoms with E-state index >= 15 is 0 Å². The lowest BCUT2D eigenvalue weighted by Crippen LogP contribution is -2.50. The molecule has 164 valence electrons. The number of piperazine rings is 1. The van der Waals surface area contributed by atoms with Crippen LogP contribution in [-0.2, 0) is 9.59 Å². The van der Waals surface area contributed by atoms with Crippen molar-refractivity contribution in [2.45, 2.75) is 6.61 Å². The zero-order chi connectivity index (χ0) is 22.2. The van der Waals surface area contributed by atoms with Gasteiger partial charge < -0.3 is 15.0 Å². The van der Waals surface area contributed by atoms with E-state index in [4.69, 9.17) is 11.6 Å². The number of rotatable bonds is 7. The maximum atomic E-state index is 12.5. The largest absolute Gasteiger partial charge is 0.434 e. The van der Waals surface area contributed by atoms with Gasteiger partial charge in [-0.2, -0.15) is 8.78 Å². The lowest BCUT2D eigenvalue weighted by atomic mass is 10.2. The summed E-state index contributed by atoms with van der Waals surface area (Å²) in [5.74, 6) is -0.397. The number of halogens is 3. The molecule has 3 rings (SSSR count). The van der Waals surface area contributed by atoms with Gasteiger partial charge >= 0.3 is 6.61 Å². The van der Waals surface area contributed by atoms with Crippen LogP contribution in [0.3, 0.4) is 0 Å². The Morgan fingerprint density at radius 2 is 1.74 bits per heavy atom. The second kappa shape index (κ2) is 10.9. The summed E-state index contributed by atoms with van der Waals surface area (Å²) in [7, 11) is 0. The monoisotopic (exact) mass is 449 g/mol. The van der Waals surface area contributed by atoms with Gasteiger partial charge in [0.15, 0.2) is 0 Å². The number of nitrogens with zero attached hydrogens (tertiary/aromatic N) is 2. The standard InChI is InChI=1S/C22H22ClF2N3O3/c23-17-6-2-3-7-18(17)26-20(29)15-27-11-13-28(14-12-27)21(30)10-9-16-5-1-4-8-19(16)31-22(24)25/h1-10,22H,11-15H2,(H,26,29)/b10-9+. The highest BCUT2D eigenvalue weighted by Crippen LogP contribution is 2.22. The Kier molecular flexibility index (Phi) is 7.97. The zero-order valence-electron chi connectivity index (χ0n) is 16.6. The number of carbonyl (C=O) groups is 2. The van der Waals surface area contributed by atoms with Crippen LogP contribution in [0.1, 0.15) is 5.56 Å². The van der Waals surface area contributed by atoms with Crippen LogP contribution in [0.15, 0.2) is 54.6 Å². The average Bonchev–Trinajstić information content (AvgIpc) is 2.74. The second-order valence-corrected chi connectivity index (χ2v) is 7.29. The van der Waals surface area contributed by atoms with Gasteiger partial charge in [0.25, 0.3) is 0 Å². The summed E-state index contributed by atoms with van der Waals surface area (Å²) in [6.07, 6.45) is 2.80. The summed E-state index contributed by atoms with van der Waals surface area (Å²) in [5.41, 5.74) is 0.954. The molecule has 2 aromatic carbocycles. The van der Waals surface area contributed by atoms with Crippen LogP contribution in [0.4, 0.5) is 14.5 Å². The lowest BCUT2D eigenvalue weighted by Gasteiger charge is -2.33. The van der Waals surface area contributed by atoms with Gasteiger partial charge in [0.05, 0.1) is 17.3 Å². The van der Waals surface area contributed by atoms with E-state index in [1.165, 1.54) is 18.2 Å². The average molecular weight is 450 g/mol. The molecule has 0 aromatic heterocycles. The lowest BCUT2D eigenvalue weighted by molar-refractivity contribution is -0.127. The van der Waals surface area contributed by atoms with E-state index in [0.717, 1.165) is 0 Å². The fourth-order valence-electron chi connectivity index (χ4n) is 3.17. The number of carbonyl (C=O) groups excluding carboxylic acids is 2. The number of hydrogen-bond acceptors (Lipinski definition) is 4. The maximum absolute atomic E-state index is 12.5. The van der Waals surface area contributed by atoms with Gasteiger partial charge in [0.2, 0.25) is 11.8 Å². The zero-order valence-corrected chi connectivity index (χ0v) is 17.4. The van der Waals surface area contributed by atoms with Crippen LogP contribution < -0.4 is 10.1 Å². The predicted molar refractivity (Wildman–Crippen MR) is 115 cm³/mol. The Bertz CT molecular complexity index is 947. The van der Waals surface area contributed by atoms with Gasteiger partial charge in [0.1, 0.15) is 5.75 Å². The van der Waals surface area contributed by atoms with Gasteiger partial charge in [-0.25, -0.2) is 0 Å². The molecule has 0 atom stereocenters. The first kappa shape index (κ1) is 22.7. The number of nitrogens with one attached hydrogen (secondary N) is 1. The molecule has 9 heteroatoms. The van der Waals surface area contributed by atoms with Gasteiger partial charge in [-0.3, -0.25) is 14.5 Å². The van der Waals surface area contributed by atoms with E-state index in [1.54, 1.807) is 47.4 Å². The Morgan fingerprint density at radius 3 is 2.45 bits per heavy atom. The Morgan fingerprint density at radius 1 is 1.06 bits per heavy atom. The third-order valence-corrected chi connectivity index (χ3v) is 5.07. The summed E-state index contributed by atoms with van der Waals surface area (Å²) in [6.45, 7) is -0.744. The van der Waals surface area contributed by atoms with Crippen LogP contribution >= 0.6 is 11.6 Å². The number of ether oxygens (including phenoxy) is 1. The maximum Gasteiger partial charge on any atom is 0.387 e.